The summed E-state index contributed by atoms with van der Waals surface area (Å²) in [6.45, 7) is 4.25. The van der Waals surface area contributed by atoms with Crippen LogP contribution in [0.15, 0.2) is 23.6 Å². The molecule has 0 spiro atoms. The Morgan fingerprint density at radius 2 is 2.12 bits per heavy atom. The molecular formula is C19H25N3O3S. The first-order valence-electron chi connectivity index (χ1n) is 8.62. The largest absolute Gasteiger partial charge is 0.493 e. The molecule has 1 aromatic carbocycles. The number of hydrogen-bond acceptors (Lipinski definition) is 6. The molecule has 1 fully saturated rings. The number of nitrogens with two attached hydrogens (primary N) is 1. The second-order valence-electron chi connectivity index (χ2n) is 6.97. The zero-order valence-electron chi connectivity index (χ0n) is 15.4. The predicted octanol–water partition coefficient (Wildman–Crippen LogP) is 2.57. The summed E-state index contributed by atoms with van der Waals surface area (Å²) in [5.74, 6) is 1.46. The summed E-state index contributed by atoms with van der Waals surface area (Å²) < 4.78 is 10.6. The lowest BCUT2D eigenvalue weighted by atomic mass is 9.90. The minimum Gasteiger partial charge on any atom is -0.493 e. The van der Waals surface area contributed by atoms with Gasteiger partial charge < -0.3 is 20.1 Å². The topological polar surface area (TPSA) is 77.7 Å². The van der Waals surface area contributed by atoms with Crippen LogP contribution in [-0.2, 0) is 11.2 Å². The fraction of sp³-hybridized carbons (Fsp3) is 0.474. The second kappa shape index (κ2) is 7.63. The van der Waals surface area contributed by atoms with Gasteiger partial charge >= 0.3 is 0 Å². The average Bonchev–Trinajstić information content (AvgIpc) is 3.28. The molecule has 2 N–H and O–H groups in total. The number of nitrogens with zero attached hydrogens (tertiary/aromatic N) is 2. The van der Waals surface area contributed by atoms with Gasteiger partial charge in [-0.3, -0.25) is 4.79 Å². The lowest BCUT2D eigenvalue weighted by molar-refractivity contribution is -0.129. The van der Waals surface area contributed by atoms with Gasteiger partial charge in [-0.2, -0.15) is 0 Å². The van der Waals surface area contributed by atoms with E-state index in [-0.39, 0.29) is 11.3 Å². The summed E-state index contributed by atoms with van der Waals surface area (Å²) in [4.78, 5) is 19.1. The highest BCUT2D eigenvalue weighted by atomic mass is 32.1. The Balaban J connectivity index is 1.70. The number of ether oxygens (including phenoxy) is 2. The number of amides is 1. The average molecular weight is 375 g/mol. The van der Waals surface area contributed by atoms with Crippen LogP contribution in [0.2, 0.25) is 0 Å². The van der Waals surface area contributed by atoms with Crippen molar-refractivity contribution in [2.45, 2.75) is 19.8 Å². The van der Waals surface area contributed by atoms with Crippen molar-refractivity contribution in [2.24, 2.45) is 11.1 Å². The van der Waals surface area contributed by atoms with Gasteiger partial charge in [0.05, 0.1) is 26.3 Å². The molecule has 26 heavy (non-hydrogen) atoms. The highest BCUT2D eigenvalue weighted by Crippen LogP contribution is 2.34. The lowest BCUT2D eigenvalue weighted by Crippen LogP contribution is -2.35. The summed E-state index contributed by atoms with van der Waals surface area (Å²) in [5.41, 5.74) is 7.62. The van der Waals surface area contributed by atoms with Crippen molar-refractivity contribution in [1.82, 2.24) is 9.88 Å². The van der Waals surface area contributed by atoms with Gasteiger partial charge in [-0.15, -0.1) is 11.3 Å². The number of likely N-dealkylation sites (tertiary alicyclic amines) is 1. The van der Waals surface area contributed by atoms with Crippen LogP contribution in [0, 0.1) is 5.41 Å². The van der Waals surface area contributed by atoms with Crippen molar-refractivity contribution in [2.75, 3.05) is 33.9 Å². The number of hydrogen-bond donors (Lipinski definition) is 1. The standard InChI is InChI=1S/C19H25N3O3S/c1-19(11-20)6-7-22(12-19)17(23)9-14-10-26-18(21-14)13-4-5-15(24-2)16(8-13)25-3/h4-5,8,10H,6-7,9,11-12,20H2,1-3H3. The van der Waals surface area contributed by atoms with Gasteiger partial charge in [0.25, 0.3) is 0 Å². The first kappa shape index (κ1) is 18.7. The van der Waals surface area contributed by atoms with E-state index in [1.54, 1.807) is 14.2 Å². The normalized spacial score (nSPS) is 19.6. The maximum absolute atomic E-state index is 12.6. The van der Waals surface area contributed by atoms with Crippen molar-refractivity contribution in [3.8, 4) is 22.1 Å². The predicted molar refractivity (Wildman–Crippen MR) is 103 cm³/mol. The Morgan fingerprint density at radius 3 is 2.77 bits per heavy atom. The van der Waals surface area contributed by atoms with Gasteiger partial charge in [-0.1, -0.05) is 6.92 Å². The second-order valence-corrected chi connectivity index (χ2v) is 7.83. The van der Waals surface area contributed by atoms with E-state index in [9.17, 15) is 4.79 Å². The van der Waals surface area contributed by atoms with E-state index in [2.05, 4.69) is 11.9 Å². The fourth-order valence-electron chi connectivity index (χ4n) is 3.16. The van der Waals surface area contributed by atoms with E-state index in [4.69, 9.17) is 15.2 Å². The van der Waals surface area contributed by atoms with Crippen LogP contribution in [0.25, 0.3) is 10.6 Å². The molecule has 7 heteroatoms. The van der Waals surface area contributed by atoms with Crippen LogP contribution >= 0.6 is 11.3 Å². The van der Waals surface area contributed by atoms with Gasteiger partial charge in [0.2, 0.25) is 5.91 Å². The molecule has 1 aliphatic rings. The first-order valence-corrected chi connectivity index (χ1v) is 9.50. The number of methoxy groups -OCH3 is 2. The smallest absolute Gasteiger partial charge is 0.228 e. The lowest BCUT2D eigenvalue weighted by Gasteiger charge is -2.22. The number of carbonyl (C=O) groups excluding carboxylic acids is 1. The van der Waals surface area contributed by atoms with Gasteiger partial charge in [-0.05, 0) is 36.6 Å². The third kappa shape index (κ3) is 3.83. The molecule has 1 atom stereocenters. The number of aromatic nitrogens is 1. The summed E-state index contributed by atoms with van der Waals surface area (Å²) >= 11 is 1.53. The Bertz CT molecular complexity index is 792. The Kier molecular flexibility index (Phi) is 5.48. The zero-order chi connectivity index (χ0) is 18.7. The van der Waals surface area contributed by atoms with Crippen LogP contribution in [0.4, 0.5) is 0 Å². The molecule has 0 radical (unpaired) electrons. The maximum Gasteiger partial charge on any atom is 0.228 e. The quantitative estimate of drug-likeness (QED) is 0.840. The van der Waals surface area contributed by atoms with Gasteiger partial charge in [-0.25, -0.2) is 4.98 Å². The summed E-state index contributed by atoms with van der Waals surface area (Å²) in [5, 5.41) is 2.81. The number of benzene rings is 1. The van der Waals surface area contributed by atoms with E-state index in [0.717, 1.165) is 35.8 Å². The third-order valence-electron chi connectivity index (χ3n) is 4.92. The summed E-state index contributed by atoms with van der Waals surface area (Å²) in [6, 6.07) is 5.70. The van der Waals surface area contributed by atoms with Gasteiger partial charge in [0.15, 0.2) is 11.5 Å². The SMILES string of the molecule is COc1ccc(-c2nc(CC(=O)N3CCC(C)(CN)C3)cs2)cc1OC. The Hall–Kier alpha value is -2.12. The van der Waals surface area contributed by atoms with E-state index >= 15 is 0 Å². The van der Waals surface area contributed by atoms with Crippen molar-refractivity contribution in [3.63, 3.8) is 0 Å². The van der Waals surface area contributed by atoms with Gasteiger partial charge in [0, 0.05) is 24.0 Å². The first-order chi connectivity index (χ1) is 12.5. The van der Waals surface area contributed by atoms with Crippen LogP contribution in [0.1, 0.15) is 19.0 Å². The molecule has 0 bridgehead atoms. The summed E-state index contributed by atoms with van der Waals surface area (Å²) in [7, 11) is 3.22. The highest BCUT2D eigenvalue weighted by molar-refractivity contribution is 7.13. The van der Waals surface area contributed by atoms with Crippen molar-refractivity contribution in [3.05, 3.63) is 29.3 Å². The maximum atomic E-state index is 12.6. The molecule has 0 saturated carbocycles. The van der Waals surface area contributed by atoms with E-state index in [1.807, 2.05) is 28.5 Å². The molecule has 1 unspecified atom stereocenters. The molecule has 140 valence electrons. The molecular weight excluding hydrogens is 350 g/mol. The van der Waals surface area contributed by atoms with Gasteiger partial charge in [0.1, 0.15) is 5.01 Å². The highest BCUT2D eigenvalue weighted by Gasteiger charge is 2.34. The molecule has 1 aliphatic heterocycles. The van der Waals surface area contributed by atoms with Crippen molar-refractivity contribution >= 4 is 17.2 Å². The van der Waals surface area contributed by atoms with Crippen LogP contribution in [0.5, 0.6) is 11.5 Å². The minimum absolute atomic E-state index is 0.0442. The Morgan fingerprint density at radius 1 is 1.35 bits per heavy atom. The van der Waals surface area contributed by atoms with Crippen molar-refractivity contribution < 1.29 is 14.3 Å². The molecule has 1 amide bonds. The van der Waals surface area contributed by atoms with E-state index in [0.29, 0.717) is 24.5 Å². The van der Waals surface area contributed by atoms with Crippen LogP contribution in [-0.4, -0.2) is 49.6 Å². The monoisotopic (exact) mass is 375 g/mol. The minimum atomic E-state index is 0.0442. The fourth-order valence-corrected chi connectivity index (χ4v) is 3.98. The third-order valence-corrected chi connectivity index (χ3v) is 5.86. The molecule has 6 nitrogen and oxygen atoms in total. The van der Waals surface area contributed by atoms with E-state index in [1.165, 1.54) is 11.3 Å². The van der Waals surface area contributed by atoms with Crippen LogP contribution < -0.4 is 15.2 Å². The molecule has 2 aromatic rings. The number of thiazole rings is 1. The van der Waals surface area contributed by atoms with E-state index < -0.39 is 0 Å². The Labute approximate surface area is 157 Å². The molecule has 2 heterocycles. The molecule has 1 saturated heterocycles. The number of carbonyl (C=O) groups is 1. The number of rotatable bonds is 6. The molecule has 3 rings (SSSR count). The zero-order valence-corrected chi connectivity index (χ0v) is 16.3. The molecule has 1 aromatic heterocycles. The summed E-state index contributed by atoms with van der Waals surface area (Å²) in [6.07, 6.45) is 1.29. The molecule has 0 aliphatic carbocycles. The van der Waals surface area contributed by atoms with Crippen molar-refractivity contribution in [1.29, 1.82) is 0 Å². The van der Waals surface area contributed by atoms with Crippen LogP contribution in [0.3, 0.4) is 0 Å².